The molecule has 1 aliphatic rings. The molecule has 1 aromatic heterocycles. The van der Waals surface area contributed by atoms with Crippen LogP contribution in [0.25, 0.3) is 5.57 Å². The minimum atomic E-state index is -0.913. The monoisotopic (exact) mass is 368 g/mol. The van der Waals surface area contributed by atoms with E-state index in [0.29, 0.717) is 6.42 Å². The van der Waals surface area contributed by atoms with E-state index in [0.717, 1.165) is 52.3 Å². The summed E-state index contributed by atoms with van der Waals surface area (Å²) in [6.07, 6.45) is 7.11. The van der Waals surface area contributed by atoms with Crippen LogP contribution in [0.1, 0.15) is 42.0 Å². The van der Waals surface area contributed by atoms with Crippen LogP contribution in [0.15, 0.2) is 36.7 Å². The van der Waals surface area contributed by atoms with Gasteiger partial charge in [-0.1, -0.05) is 6.08 Å². The molecule has 0 fully saturated rings. The fraction of sp³-hybridized carbons (Fsp3) is 0.409. The van der Waals surface area contributed by atoms with Crippen LogP contribution < -0.4 is 9.47 Å². The van der Waals surface area contributed by atoms with Crippen molar-refractivity contribution in [2.45, 2.75) is 31.9 Å². The fourth-order valence-electron chi connectivity index (χ4n) is 3.69. The zero-order chi connectivity index (χ0) is 19.6. The van der Waals surface area contributed by atoms with E-state index in [9.17, 15) is 5.11 Å². The van der Waals surface area contributed by atoms with Crippen molar-refractivity contribution in [3.05, 3.63) is 58.9 Å². The molecule has 0 aliphatic heterocycles. The minimum Gasteiger partial charge on any atom is -0.496 e. The van der Waals surface area contributed by atoms with E-state index in [2.05, 4.69) is 16.0 Å². The second-order valence-corrected chi connectivity index (χ2v) is 7.45. The van der Waals surface area contributed by atoms with E-state index in [-0.39, 0.29) is 0 Å². The highest BCUT2D eigenvalue weighted by molar-refractivity contribution is 5.85. The predicted molar refractivity (Wildman–Crippen MR) is 107 cm³/mol. The van der Waals surface area contributed by atoms with Gasteiger partial charge in [0.25, 0.3) is 0 Å². The quantitative estimate of drug-likeness (QED) is 0.874. The Balaban J connectivity index is 2.19. The Morgan fingerprint density at radius 1 is 1.15 bits per heavy atom. The van der Waals surface area contributed by atoms with E-state index < -0.39 is 5.60 Å². The molecule has 0 saturated carbocycles. The summed E-state index contributed by atoms with van der Waals surface area (Å²) in [7, 11) is 7.43. The summed E-state index contributed by atoms with van der Waals surface area (Å²) in [5.74, 6) is 1.62. The number of ether oxygens (including phenoxy) is 2. The molecule has 0 amide bonds. The lowest BCUT2D eigenvalue weighted by Crippen LogP contribution is -2.21. The van der Waals surface area contributed by atoms with Gasteiger partial charge in [0.05, 0.1) is 19.8 Å². The summed E-state index contributed by atoms with van der Waals surface area (Å²) in [5.41, 5.74) is 3.97. The zero-order valence-electron chi connectivity index (χ0n) is 16.7. The Labute approximate surface area is 161 Å². The van der Waals surface area contributed by atoms with Crippen LogP contribution in [-0.4, -0.2) is 43.3 Å². The van der Waals surface area contributed by atoms with Gasteiger partial charge in [-0.2, -0.15) is 0 Å². The number of hydrogen-bond donors (Lipinski definition) is 1. The van der Waals surface area contributed by atoms with Gasteiger partial charge in [-0.05, 0) is 63.2 Å². The number of rotatable bonds is 5. The molecular weight excluding hydrogens is 340 g/mol. The standard InChI is InChI=1S/C22H28N2O3/c1-22(25)9-6-7-16(17-8-10-23-13-19(17)22)18-12-20(26-4)15(14-24(2)3)11-21(18)27-5/h7-8,10-13,25H,6,9,14H2,1-5H3. The van der Waals surface area contributed by atoms with Crippen molar-refractivity contribution in [1.29, 1.82) is 0 Å². The van der Waals surface area contributed by atoms with Crippen LogP contribution in [-0.2, 0) is 12.1 Å². The van der Waals surface area contributed by atoms with Gasteiger partial charge >= 0.3 is 0 Å². The molecule has 1 N–H and O–H groups in total. The first kappa shape index (κ1) is 19.4. The lowest BCUT2D eigenvalue weighted by molar-refractivity contribution is 0.0489. The smallest absolute Gasteiger partial charge is 0.127 e. The Hall–Kier alpha value is -2.37. The Morgan fingerprint density at radius 3 is 2.56 bits per heavy atom. The first-order chi connectivity index (χ1) is 12.9. The molecule has 1 aliphatic carbocycles. The van der Waals surface area contributed by atoms with E-state index in [1.165, 1.54) is 0 Å². The maximum absolute atomic E-state index is 10.9. The molecule has 2 aromatic rings. The van der Waals surface area contributed by atoms with Gasteiger partial charge in [-0.15, -0.1) is 0 Å². The summed E-state index contributed by atoms with van der Waals surface area (Å²) in [4.78, 5) is 6.34. The van der Waals surface area contributed by atoms with E-state index in [4.69, 9.17) is 9.47 Å². The van der Waals surface area contributed by atoms with Crippen LogP contribution in [0.2, 0.25) is 0 Å². The van der Waals surface area contributed by atoms with Crippen molar-refractivity contribution in [3.63, 3.8) is 0 Å². The van der Waals surface area contributed by atoms with Crippen molar-refractivity contribution < 1.29 is 14.6 Å². The van der Waals surface area contributed by atoms with Crippen molar-refractivity contribution in [1.82, 2.24) is 9.88 Å². The highest BCUT2D eigenvalue weighted by Crippen LogP contribution is 2.42. The molecule has 1 heterocycles. The fourth-order valence-corrected chi connectivity index (χ4v) is 3.69. The Morgan fingerprint density at radius 2 is 1.89 bits per heavy atom. The number of aliphatic hydroxyl groups is 1. The molecule has 3 rings (SSSR count). The molecule has 5 nitrogen and oxygen atoms in total. The molecule has 1 atom stereocenters. The van der Waals surface area contributed by atoms with Crippen LogP contribution in [0.3, 0.4) is 0 Å². The second-order valence-electron chi connectivity index (χ2n) is 7.45. The van der Waals surface area contributed by atoms with Gasteiger partial charge in [0.15, 0.2) is 0 Å². The van der Waals surface area contributed by atoms with Crippen LogP contribution in [0, 0.1) is 0 Å². The Kier molecular flexibility index (Phi) is 5.53. The molecular formula is C22H28N2O3. The van der Waals surface area contributed by atoms with Gasteiger partial charge in [-0.25, -0.2) is 0 Å². The van der Waals surface area contributed by atoms with Gasteiger partial charge < -0.3 is 19.5 Å². The van der Waals surface area contributed by atoms with Crippen molar-refractivity contribution >= 4 is 5.57 Å². The molecule has 1 aromatic carbocycles. The number of hydrogen-bond acceptors (Lipinski definition) is 5. The van der Waals surface area contributed by atoms with E-state index in [1.54, 1.807) is 26.6 Å². The van der Waals surface area contributed by atoms with Gasteiger partial charge in [0, 0.05) is 35.6 Å². The van der Waals surface area contributed by atoms with Crippen LogP contribution in [0.4, 0.5) is 0 Å². The number of nitrogens with zero attached hydrogens (tertiary/aromatic N) is 2. The molecule has 0 radical (unpaired) electrons. The molecule has 0 saturated heterocycles. The topological polar surface area (TPSA) is 54.8 Å². The summed E-state index contributed by atoms with van der Waals surface area (Å²) >= 11 is 0. The zero-order valence-corrected chi connectivity index (χ0v) is 16.7. The number of pyridine rings is 1. The summed E-state index contributed by atoms with van der Waals surface area (Å²) in [6.45, 7) is 2.61. The van der Waals surface area contributed by atoms with Gasteiger partial charge in [0.1, 0.15) is 11.5 Å². The first-order valence-corrected chi connectivity index (χ1v) is 9.14. The lowest BCUT2D eigenvalue weighted by atomic mass is 9.88. The summed E-state index contributed by atoms with van der Waals surface area (Å²) < 4.78 is 11.4. The number of allylic oxidation sites excluding steroid dienone is 1. The largest absolute Gasteiger partial charge is 0.496 e. The highest BCUT2D eigenvalue weighted by Gasteiger charge is 2.30. The number of fused-ring (bicyclic) bond motifs is 1. The predicted octanol–water partition coefficient (Wildman–Crippen LogP) is 3.59. The SMILES string of the molecule is COc1cc(C2=CCCC(C)(O)c3cnccc32)c(OC)cc1CN(C)C. The van der Waals surface area contributed by atoms with Crippen LogP contribution in [0.5, 0.6) is 11.5 Å². The highest BCUT2D eigenvalue weighted by atomic mass is 16.5. The van der Waals surface area contributed by atoms with Crippen molar-refractivity contribution in [2.24, 2.45) is 0 Å². The summed E-state index contributed by atoms with van der Waals surface area (Å²) in [5, 5.41) is 10.9. The summed E-state index contributed by atoms with van der Waals surface area (Å²) in [6, 6.07) is 6.03. The number of benzene rings is 1. The average molecular weight is 368 g/mol. The van der Waals surface area contributed by atoms with Crippen molar-refractivity contribution in [2.75, 3.05) is 28.3 Å². The maximum atomic E-state index is 10.9. The Bertz CT molecular complexity index is 857. The third kappa shape index (κ3) is 3.84. The third-order valence-electron chi connectivity index (χ3n) is 5.05. The molecule has 5 heteroatoms. The van der Waals surface area contributed by atoms with Gasteiger partial charge in [-0.3, -0.25) is 4.98 Å². The number of aromatic nitrogens is 1. The molecule has 0 bridgehead atoms. The minimum absolute atomic E-state index is 0.646. The lowest BCUT2D eigenvalue weighted by Gasteiger charge is -2.24. The molecule has 0 spiro atoms. The molecule has 27 heavy (non-hydrogen) atoms. The van der Waals surface area contributed by atoms with E-state index >= 15 is 0 Å². The van der Waals surface area contributed by atoms with Crippen LogP contribution >= 0.6 is 0 Å². The van der Waals surface area contributed by atoms with E-state index in [1.807, 2.05) is 39.2 Å². The first-order valence-electron chi connectivity index (χ1n) is 9.14. The molecule has 144 valence electrons. The normalized spacial score (nSPS) is 19.3. The second kappa shape index (κ2) is 7.71. The molecule has 1 unspecified atom stereocenters. The average Bonchev–Trinajstić information content (AvgIpc) is 2.77. The third-order valence-corrected chi connectivity index (χ3v) is 5.05. The number of methoxy groups -OCH3 is 2. The maximum Gasteiger partial charge on any atom is 0.127 e. The van der Waals surface area contributed by atoms with Crippen molar-refractivity contribution in [3.8, 4) is 11.5 Å². The van der Waals surface area contributed by atoms with Gasteiger partial charge in [0.2, 0.25) is 0 Å².